The van der Waals surface area contributed by atoms with Gasteiger partial charge in [0.05, 0.1) is 9.99 Å². The molecule has 2 saturated heterocycles. The summed E-state index contributed by atoms with van der Waals surface area (Å²) in [6, 6.07) is 8.77. The molecule has 0 saturated carbocycles. The first-order valence-electron chi connectivity index (χ1n) is 10.7. The van der Waals surface area contributed by atoms with E-state index < -0.39 is 12.1 Å². The van der Waals surface area contributed by atoms with Gasteiger partial charge in [-0.15, -0.1) is 18.3 Å². The first-order valence-corrected chi connectivity index (χ1v) is 11.5. The maximum Gasteiger partial charge on any atom is 0.573 e. The molecule has 13 heteroatoms. The highest BCUT2D eigenvalue weighted by molar-refractivity contribution is 9.10. The fourth-order valence-corrected chi connectivity index (χ4v) is 5.02. The number of amides is 2. The summed E-state index contributed by atoms with van der Waals surface area (Å²) >= 11 is 3.13. The van der Waals surface area contributed by atoms with Gasteiger partial charge in [0.25, 0.3) is 11.8 Å². The molecule has 5 rings (SSSR count). The number of nitrogens with one attached hydrogen (secondary N) is 1. The Morgan fingerprint density at radius 2 is 1.77 bits per heavy atom. The van der Waals surface area contributed by atoms with Crippen LogP contribution in [0.1, 0.15) is 10.4 Å². The number of ether oxygens (including phenoxy) is 2. The largest absolute Gasteiger partial charge is 0.573 e. The van der Waals surface area contributed by atoms with E-state index in [9.17, 15) is 22.8 Å². The molecule has 0 radical (unpaired) electrons. The molecular formula is C22H19BrF3N5O4. The Morgan fingerprint density at radius 1 is 1.06 bits per heavy atom. The minimum Gasteiger partial charge on any atom is -0.483 e. The zero-order chi connectivity index (χ0) is 24.7. The number of hydrogen-bond donors (Lipinski definition) is 1. The number of likely N-dealkylation sites (tertiary alicyclic amines) is 2. The van der Waals surface area contributed by atoms with E-state index in [4.69, 9.17) is 4.74 Å². The molecule has 1 aromatic heterocycles. The van der Waals surface area contributed by atoms with Crippen LogP contribution in [0.25, 0.3) is 11.0 Å². The molecule has 1 N–H and O–H groups in total. The predicted octanol–water partition coefficient (Wildman–Crippen LogP) is 3.23. The van der Waals surface area contributed by atoms with E-state index in [2.05, 4.69) is 36.1 Å². The van der Waals surface area contributed by atoms with Crippen molar-refractivity contribution in [3.8, 4) is 11.5 Å². The first-order chi connectivity index (χ1) is 16.7. The zero-order valence-corrected chi connectivity index (χ0v) is 19.7. The molecule has 2 amide bonds. The molecule has 2 aliphatic heterocycles. The highest BCUT2D eigenvalue weighted by Gasteiger charge is 2.43. The van der Waals surface area contributed by atoms with Gasteiger partial charge in [-0.25, -0.2) is 0 Å². The monoisotopic (exact) mass is 553 g/mol. The zero-order valence-electron chi connectivity index (χ0n) is 18.1. The second kappa shape index (κ2) is 9.02. The standard InChI is InChI=1S/C22H19BrF3N5O4/c23-16-6-15(35-22(24,25)26)2-4-19(16)34-11-20(32)30-7-13-9-31(10-14(13)8-30)21(33)12-1-3-17-18(5-12)28-29-27-17/h1-6,13-14H,7-11H2,(H,27,28,29)/t13-,14-/m1/s1. The Balaban J connectivity index is 1.13. The van der Waals surface area contributed by atoms with Gasteiger partial charge in [-0.05, 0) is 52.3 Å². The topological polar surface area (TPSA) is 101 Å². The lowest BCUT2D eigenvalue weighted by atomic mass is 10.0. The van der Waals surface area contributed by atoms with Crippen LogP contribution in [0.3, 0.4) is 0 Å². The van der Waals surface area contributed by atoms with Gasteiger partial charge in [-0.3, -0.25) is 14.7 Å². The molecule has 2 atom stereocenters. The second-order valence-electron chi connectivity index (χ2n) is 8.50. The van der Waals surface area contributed by atoms with Crippen LogP contribution in [-0.2, 0) is 4.79 Å². The Bertz CT molecular complexity index is 1270. The number of aromatic amines is 1. The van der Waals surface area contributed by atoms with E-state index in [0.717, 1.165) is 17.6 Å². The summed E-state index contributed by atoms with van der Waals surface area (Å²) in [5, 5.41) is 10.4. The maximum absolute atomic E-state index is 12.9. The number of nitrogens with zero attached hydrogens (tertiary/aromatic N) is 4. The molecule has 35 heavy (non-hydrogen) atoms. The summed E-state index contributed by atoms with van der Waals surface area (Å²) in [7, 11) is 0. The molecule has 0 spiro atoms. The quantitative estimate of drug-likeness (QED) is 0.520. The van der Waals surface area contributed by atoms with Gasteiger partial charge in [0.2, 0.25) is 0 Å². The van der Waals surface area contributed by atoms with Crippen LogP contribution in [0.4, 0.5) is 13.2 Å². The third-order valence-corrected chi connectivity index (χ3v) is 6.81. The summed E-state index contributed by atoms with van der Waals surface area (Å²) in [6.45, 7) is 1.88. The van der Waals surface area contributed by atoms with Crippen molar-refractivity contribution in [3.63, 3.8) is 0 Å². The van der Waals surface area contributed by atoms with Crippen LogP contribution in [0, 0.1) is 11.8 Å². The number of rotatable bonds is 5. The van der Waals surface area contributed by atoms with Crippen LogP contribution >= 0.6 is 15.9 Å². The van der Waals surface area contributed by atoms with Crippen LogP contribution < -0.4 is 9.47 Å². The molecule has 3 heterocycles. The van der Waals surface area contributed by atoms with Gasteiger partial charge in [-0.2, -0.15) is 0 Å². The predicted molar refractivity (Wildman–Crippen MR) is 120 cm³/mol. The summed E-state index contributed by atoms with van der Waals surface area (Å²) in [6.07, 6.45) is -4.80. The average molecular weight is 554 g/mol. The molecule has 0 aliphatic carbocycles. The Morgan fingerprint density at radius 3 is 2.46 bits per heavy atom. The lowest BCUT2D eigenvalue weighted by Gasteiger charge is -2.22. The maximum atomic E-state index is 12.9. The van der Waals surface area contributed by atoms with Gasteiger partial charge >= 0.3 is 6.36 Å². The van der Waals surface area contributed by atoms with Crippen molar-refractivity contribution >= 4 is 38.8 Å². The van der Waals surface area contributed by atoms with E-state index >= 15 is 0 Å². The smallest absolute Gasteiger partial charge is 0.483 e. The number of aromatic nitrogens is 3. The van der Waals surface area contributed by atoms with Gasteiger partial charge in [0.15, 0.2) is 6.61 Å². The average Bonchev–Trinajstić information content (AvgIpc) is 3.51. The molecule has 9 nitrogen and oxygen atoms in total. The molecular weight excluding hydrogens is 535 g/mol. The third kappa shape index (κ3) is 5.04. The minimum atomic E-state index is -4.80. The van der Waals surface area contributed by atoms with Crippen molar-refractivity contribution < 1.29 is 32.2 Å². The number of hydrogen-bond acceptors (Lipinski definition) is 6. The van der Waals surface area contributed by atoms with Crippen molar-refractivity contribution in [2.45, 2.75) is 6.36 Å². The highest BCUT2D eigenvalue weighted by atomic mass is 79.9. The number of halogens is 4. The molecule has 2 aromatic carbocycles. The van der Waals surface area contributed by atoms with Crippen LogP contribution in [0.5, 0.6) is 11.5 Å². The van der Waals surface area contributed by atoms with Crippen molar-refractivity contribution in [2.75, 3.05) is 32.8 Å². The summed E-state index contributed by atoms with van der Waals surface area (Å²) in [5.74, 6) is -0.124. The number of H-pyrrole nitrogens is 1. The van der Waals surface area contributed by atoms with E-state index in [1.165, 1.54) is 6.07 Å². The number of fused-ring (bicyclic) bond motifs is 2. The van der Waals surface area contributed by atoms with Gasteiger partial charge in [0.1, 0.15) is 17.0 Å². The summed E-state index contributed by atoms with van der Waals surface area (Å²) < 4.78 is 46.7. The van der Waals surface area contributed by atoms with Crippen molar-refractivity contribution in [2.24, 2.45) is 11.8 Å². The Hall–Kier alpha value is -3.35. The summed E-state index contributed by atoms with van der Waals surface area (Å²) in [4.78, 5) is 29.1. The fourth-order valence-electron chi connectivity index (χ4n) is 4.55. The van der Waals surface area contributed by atoms with Crippen LogP contribution in [0.2, 0.25) is 0 Å². The van der Waals surface area contributed by atoms with Crippen molar-refractivity contribution in [1.82, 2.24) is 25.2 Å². The van der Waals surface area contributed by atoms with E-state index in [0.29, 0.717) is 37.3 Å². The number of carbonyl (C=O) groups is 2. The van der Waals surface area contributed by atoms with E-state index in [-0.39, 0.29) is 40.5 Å². The van der Waals surface area contributed by atoms with Crippen molar-refractivity contribution in [3.05, 3.63) is 46.4 Å². The van der Waals surface area contributed by atoms with Crippen LogP contribution in [0.15, 0.2) is 40.9 Å². The van der Waals surface area contributed by atoms with Gasteiger partial charge in [-0.1, -0.05) is 5.21 Å². The molecule has 2 aliphatic rings. The Labute approximate surface area is 205 Å². The van der Waals surface area contributed by atoms with Crippen molar-refractivity contribution in [1.29, 1.82) is 0 Å². The molecule has 0 bridgehead atoms. The third-order valence-electron chi connectivity index (χ3n) is 6.19. The fraction of sp³-hybridized carbons (Fsp3) is 0.364. The van der Waals surface area contributed by atoms with Gasteiger partial charge in [0, 0.05) is 43.6 Å². The minimum absolute atomic E-state index is 0.0756. The van der Waals surface area contributed by atoms with E-state index in [1.807, 2.05) is 0 Å². The highest BCUT2D eigenvalue weighted by Crippen LogP contribution is 2.34. The molecule has 184 valence electrons. The molecule has 3 aromatic rings. The Kier molecular flexibility index (Phi) is 6.03. The second-order valence-corrected chi connectivity index (χ2v) is 9.36. The number of benzene rings is 2. The van der Waals surface area contributed by atoms with Gasteiger partial charge < -0.3 is 19.3 Å². The molecule has 2 fully saturated rings. The molecule has 0 unspecified atom stereocenters. The van der Waals surface area contributed by atoms with E-state index in [1.54, 1.807) is 28.0 Å². The lowest BCUT2D eigenvalue weighted by Crippen LogP contribution is -2.37. The first kappa shape index (κ1) is 23.4. The summed E-state index contributed by atoms with van der Waals surface area (Å²) in [5.41, 5.74) is 1.93. The number of carbonyl (C=O) groups excluding carboxylic acids is 2. The van der Waals surface area contributed by atoms with Crippen LogP contribution in [-0.4, -0.2) is 76.2 Å². The SMILES string of the molecule is O=C(COc1ccc(OC(F)(F)F)cc1Br)N1C[C@@H]2CN(C(=O)c3ccc4[nH]nnc4c3)C[C@H]2C1. The number of alkyl halides is 3. The lowest BCUT2D eigenvalue weighted by molar-refractivity contribution is -0.274. The normalized spacial score (nSPS) is 19.8.